The van der Waals surface area contributed by atoms with Crippen LogP contribution < -0.4 is 5.32 Å². The largest absolute Gasteiger partial charge is 0.346 e. The molecule has 3 saturated heterocycles. The summed E-state index contributed by atoms with van der Waals surface area (Å²) in [4.78, 5) is 19.3. The Hall–Kier alpha value is -1.30. The van der Waals surface area contributed by atoms with Crippen molar-refractivity contribution in [3.05, 3.63) is 35.4 Å². The number of rotatable bonds is 2. The Balaban J connectivity index is 0.00000156. The number of carbonyl (C=O) groups is 1. The van der Waals surface area contributed by atoms with Crippen LogP contribution in [0.25, 0.3) is 5.52 Å². The van der Waals surface area contributed by atoms with Crippen molar-refractivity contribution in [1.29, 1.82) is 0 Å². The number of piperidine rings is 3. The predicted octanol–water partition coefficient (Wildman–Crippen LogP) is 2.62. The van der Waals surface area contributed by atoms with Gasteiger partial charge in [-0.05, 0) is 50.9 Å². The van der Waals surface area contributed by atoms with E-state index in [4.69, 9.17) is 11.6 Å². The molecule has 0 radical (unpaired) electrons. The van der Waals surface area contributed by atoms with Gasteiger partial charge in [-0.2, -0.15) is 0 Å². The highest BCUT2D eigenvalue weighted by atomic mass is 35.5. The number of hydrogen-bond acceptors (Lipinski definition) is 3. The van der Waals surface area contributed by atoms with Crippen LogP contribution in [0.3, 0.4) is 0 Å². The Labute approximate surface area is 146 Å². The van der Waals surface area contributed by atoms with Gasteiger partial charge < -0.3 is 9.72 Å². The lowest BCUT2D eigenvalue weighted by Gasteiger charge is -2.49. The van der Waals surface area contributed by atoms with Crippen molar-refractivity contribution in [2.75, 3.05) is 13.1 Å². The fourth-order valence-corrected chi connectivity index (χ4v) is 4.09. The third kappa shape index (κ3) is 2.93. The zero-order valence-electron chi connectivity index (χ0n) is 12.9. The van der Waals surface area contributed by atoms with Gasteiger partial charge in [0.25, 0.3) is 5.91 Å². The first-order valence-corrected chi connectivity index (χ1v) is 8.18. The van der Waals surface area contributed by atoms with Crippen molar-refractivity contribution < 1.29 is 4.79 Å². The van der Waals surface area contributed by atoms with Crippen LogP contribution in [0.1, 0.15) is 30.3 Å². The second kappa shape index (κ2) is 6.30. The number of nitrogens with zero attached hydrogens (tertiary/aromatic N) is 3. The Morgan fingerprint density at radius 2 is 2.09 bits per heavy atom. The van der Waals surface area contributed by atoms with Crippen molar-refractivity contribution in [2.45, 2.75) is 31.8 Å². The van der Waals surface area contributed by atoms with Gasteiger partial charge in [0.05, 0.1) is 10.5 Å². The van der Waals surface area contributed by atoms with Gasteiger partial charge in [-0.1, -0.05) is 11.6 Å². The molecule has 2 aromatic heterocycles. The SMILES string of the molecule is C[C@H]1[C@H](NC(=O)c2cc3cc(Cl)cn3cn2)C2CCN1CC2.Cl. The molecule has 1 N–H and O–H groups in total. The summed E-state index contributed by atoms with van der Waals surface area (Å²) in [6, 6.07) is 4.25. The first kappa shape index (κ1) is 16.6. The highest BCUT2D eigenvalue weighted by molar-refractivity contribution is 6.31. The number of aromatic nitrogens is 2. The lowest BCUT2D eigenvalue weighted by atomic mass is 9.79. The Morgan fingerprint density at radius 3 is 2.78 bits per heavy atom. The zero-order valence-corrected chi connectivity index (χ0v) is 14.5. The number of fused-ring (bicyclic) bond motifs is 4. The molecule has 2 aromatic rings. The fourth-order valence-electron chi connectivity index (χ4n) is 3.87. The van der Waals surface area contributed by atoms with Crippen molar-refractivity contribution in [1.82, 2.24) is 19.6 Å². The van der Waals surface area contributed by atoms with Gasteiger partial charge in [0.2, 0.25) is 0 Å². The first-order chi connectivity index (χ1) is 10.6. The van der Waals surface area contributed by atoms with Crippen LogP contribution in [-0.4, -0.2) is 45.4 Å². The molecule has 2 atom stereocenters. The number of carbonyl (C=O) groups excluding carboxylic acids is 1. The summed E-state index contributed by atoms with van der Waals surface area (Å²) in [6.45, 7) is 4.52. The van der Waals surface area contributed by atoms with Crippen LogP contribution >= 0.6 is 24.0 Å². The minimum atomic E-state index is -0.0922. The molecule has 2 bridgehead atoms. The molecule has 0 aliphatic carbocycles. The Kier molecular flexibility index (Phi) is 4.54. The van der Waals surface area contributed by atoms with Gasteiger partial charge in [-0.15, -0.1) is 12.4 Å². The van der Waals surface area contributed by atoms with Crippen LogP contribution in [-0.2, 0) is 0 Å². The normalized spacial score (nSPS) is 29.3. The molecular weight excluding hydrogens is 335 g/mol. The molecule has 124 valence electrons. The smallest absolute Gasteiger partial charge is 0.270 e. The van der Waals surface area contributed by atoms with E-state index >= 15 is 0 Å². The molecule has 3 fully saturated rings. The number of halogens is 2. The maximum Gasteiger partial charge on any atom is 0.270 e. The topological polar surface area (TPSA) is 49.6 Å². The minimum Gasteiger partial charge on any atom is -0.346 e. The summed E-state index contributed by atoms with van der Waals surface area (Å²) in [5, 5.41) is 3.85. The Bertz CT molecular complexity index is 722. The monoisotopic (exact) mass is 354 g/mol. The quantitative estimate of drug-likeness (QED) is 0.901. The molecule has 0 spiro atoms. The van der Waals surface area contributed by atoms with Crippen molar-refractivity contribution >= 4 is 35.4 Å². The lowest BCUT2D eigenvalue weighted by Crippen LogP contribution is -2.62. The van der Waals surface area contributed by atoms with E-state index in [1.807, 2.05) is 10.5 Å². The van der Waals surface area contributed by atoms with E-state index in [9.17, 15) is 4.79 Å². The number of nitrogens with one attached hydrogen (secondary N) is 1. The molecule has 3 aliphatic rings. The van der Waals surface area contributed by atoms with Crippen LogP contribution in [0.15, 0.2) is 24.7 Å². The van der Waals surface area contributed by atoms with E-state index in [0.29, 0.717) is 22.7 Å². The van der Waals surface area contributed by atoms with Crippen molar-refractivity contribution in [3.63, 3.8) is 0 Å². The molecule has 0 unspecified atom stereocenters. The first-order valence-electron chi connectivity index (χ1n) is 7.80. The van der Waals surface area contributed by atoms with Crippen LogP contribution in [0.4, 0.5) is 0 Å². The van der Waals surface area contributed by atoms with Crippen molar-refractivity contribution in [2.24, 2.45) is 5.92 Å². The molecule has 7 heteroatoms. The minimum absolute atomic E-state index is 0. The summed E-state index contributed by atoms with van der Waals surface area (Å²) >= 11 is 5.98. The van der Waals surface area contributed by atoms with Gasteiger partial charge in [-0.25, -0.2) is 4.98 Å². The van der Waals surface area contributed by atoms with E-state index in [1.165, 1.54) is 12.8 Å². The van der Waals surface area contributed by atoms with Gasteiger partial charge in [-0.3, -0.25) is 9.69 Å². The van der Waals surface area contributed by atoms with Gasteiger partial charge in [0, 0.05) is 18.3 Å². The Morgan fingerprint density at radius 1 is 1.35 bits per heavy atom. The summed E-state index contributed by atoms with van der Waals surface area (Å²) in [5.41, 5.74) is 1.33. The van der Waals surface area contributed by atoms with E-state index < -0.39 is 0 Å². The van der Waals surface area contributed by atoms with Gasteiger partial charge in [0.1, 0.15) is 12.0 Å². The highest BCUT2D eigenvalue weighted by Gasteiger charge is 2.40. The fraction of sp³-hybridized carbons (Fsp3) is 0.500. The summed E-state index contributed by atoms with van der Waals surface area (Å²) in [5.74, 6) is 0.501. The van der Waals surface area contributed by atoms with Crippen molar-refractivity contribution in [3.8, 4) is 0 Å². The second-order valence-corrected chi connectivity index (χ2v) is 6.81. The van der Waals surface area contributed by atoms with Gasteiger partial charge in [0.15, 0.2) is 0 Å². The summed E-state index contributed by atoms with van der Waals surface area (Å²) in [6.07, 6.45) is 5.77. The maximum absolute atomic E-state index is 12.6. The molecule has 5 nitrogen and oxygen atoms in total. The average Bonchev–Trinajstić information content (AvgIpc) is 2.90. The number of amides is 1. The van der Waals surface area contributed by atoms with Gasteiger partial charge >= 0.3 is 0 Å². The third-order valence-corrected chi connectivity index (χ3v) is 5.37. The van der Waals surface area contributed by atoms with E-state index in [2.05, 4.69) is 22.1 Å². The third-order valence-electron chi connectivity index (χ3n) is 5.16. The molecule has 23 heavy (non-hydrogen) atoms. The number of hydrogen-bond donors (Lipinski definition) is 1. The molecule has 5 rings (SSSR count). The average molecular weight is 355 g/mol. The van der Waals surface area contributed by atoms with Crippen LogP contribution in [0.5, 0.6) is 0 Å². The second-order valence-electron chi connectivity index (χ2n) is 6.38. The van der Waals surface area contributed by atoms with E-state index in [0.717, 1.165) is 18.6 Å². The standard InChI is InChI=1S/C16H19ClN4O.ClH/c1-10-15(11-2-4-20(10)5-3-11)19-16(22)14-7-13-6-12(17)8-21(13)9-18-14;/h6-11,15H,2-5H2,1H3,(H,19,22);1H/t10-,15-;/m0./s1. The molecule has 1 amide bonds. The molecule has 0 aromatic carbocycles. The zero-order chi connectivity index (χ0) is 15.3. The van der Waals surface area contributed by atoms with Crippen LogP contribution in [0, 0.1) is 5.92 Å². The van der Waals surface area contributed by atoms with E-state index in [-0.39, 0.29) is 24.4 Å². The van der Waals surface area contributed by atoms with E-state index in [1.54, 1.807) is 18.6 Å². The predicted molar refractivity (Wildman–Crippen MR) is 92.5 cm³/mol. The molecule has 5 heterocycles. The van der Waals surface area contributed by atoms with Crippen LogP contribution in [0.2, 0.25) is 5.02 Å². The summed E-state index contributed by atoms with van der Waals surface area (Å²) < 4.78 is 1.82. The molecule has 0 saturated carbocycles. The highest BCUT2D eigenvalue weighted by Crippen LogP contribution is 2.32. The molecule has 3 aliphatic heterocycles. The maximum atomic E-state index is 12.6. The molecular formula is C16H20Cl2N4O. The lowest BCUT2D eigenvalue weighted by molar-refractivity contribution is 0.0216. The summed E-state index contributed by atoms with van der Waals surface area (Å²) in [7, 11) is 0.